The van der Waals surface area contributed by atoms with Crippen LogP contribution in [0.5, 0.6) is 0 Å². The summed E-state index contributed by atoms with van der Waals surface area (Å²) in [6.07, 6.45) is 1.82. The molecule has 0 radical (unpaired) electrons. The molecule has 132 valence electrons. The molecule has 3 rings (SSSR count). The molecule has 1 aromatic heterocycles. The monoisotopic (exact) mass is 366 g/mol. The third-order valence-electron chi connectivity index (χ3n) is 3.85. The zero-order valence-electron chi connectivity index (χ0n) is 14.3. The molecule has 6 nitrogen and oxygen atoms in total. The van der Waals surface area contributed by atoms with Gasteiger partial charge in [0.15, 0.2) is 11.0 Å². The lowest BCUT2D eigenvalue weighted by molar-refractivity contribution is -0.384. The number of nitro benzene ring substituents is 1. The van der Waals surface area contributed by atoms with Crippen molar-refractivity contribution in [1.29, 1.82) is 0 Å². The van der Waals surface area contributed by atoms with Gasteiger partial charge < -0.3 is 0 Å². The van der Waals surface area contributed by atoms with Crippen LogP contribution >= 0.6 is 11.8 Å². The fraction of sp³-hybridized carbons (Fsp3) is 0.158. The minimum atomic E-state index is -0.397. The predicted molar refractivity (Wildman–Crippen MR) is 103 cm³/mol. The van der Waals surface area contributed by atoms with Crippen molar-refractivity contribution >= 4 is 17.4 Å². The highest BCUT2D eigenvalue weighted by molar-refractivity contribution is 7.98. The van der Waals surface area contributed by atoms with Crippen molar-refractivity contribution in [2.45, 2.75) is 24.4 Å². The normalized spacial score (nSPS) is 10.7. The van der Waals surface area contributed by atoms with Crippen molar-refractivity contribution < 1.29 is 4.92 Å². The Morgan fingerprint density at radius 1 is 1.15 bits per heavy atom. The molecule has 0 spiro atoms. The minimum Gasteiger partial charge on any atom is -0.298 e. The van der Waals surface area contributed by atoms with E-state index >= 15 is 0 Å². The van der Waals surface area contributed by atoms with E-state index in [2.05, 4.69) is 16.8 Å². The van der Waals surface area contributed by atoms with Gasteiger partial charge in [0.2, 0.25) is 0 Å². The molecule has 0 N–H and O–H groups in total. The van der Waals surface area contributed by atoms with E-state index in [0.717, 1.165) is 22.1 Å². The summed E-state index contributed by atoms with van der Waals surface area (Å²) in [4.78, 5) is 10.3. The molecule has 0 bridgehead atoms. The Morgan fingerprint density at radius 2 is 1.85 bits per heavy atom. The first-order chi connectivity index (χ1) is 12.6. The highest BCUT2D eigenvalue weighted by Gasteiger charge is 2.14. The topological polar surface area (TPSA) is 73.8 Å². The number of allylic oxidation sites excluding steroid dienone is 1. The van der Waals surface area contributed by atoms with E-state index in [-0.39, 0.29) is 5.69 Å². The van der Waals surface area contributed by atoms with Crippen molar-refractivity contribution in [2.75, 3.05) is 0 Å². The largest absolute Gasteiger partial charge is 0.298 e. The third kappa shape index (κ3) is 4.00. The molecule has 0 aliphatic rings. The van der Waals surface area contributed by atoms with Crippen molar-refractivity contribution in [3.8, 4) is 11.4 Å². The Labute approximate surface area is 155 Å². The quantitative estimate of drug-likeness (QED) is 0.264. The van der Waals surface area contributed by atoms with Gasteiger partial charge in [-0.05, 0) is 12.5 Å². The number of thioether (sulfide) groups is 1. The number of hydrogen-bond donors (Lipinski definition) is 0. The predicted octanol–water partition coefficient (Wildman–Crippen LogP) is 4.64. The lowest BCUT2D eigenvalue weighted by atomic mass is 10.1. The first kappa shape index (κ1) is 17.9. The first-order valence-corrected chi connectivity index (χ1v) is 9.04. The number of aryl methyl sites for hydroxylation is 1. The Kier molecular flexibility index (Phi) is 5.48. The van der Waals surface area contributed by atoms with E-state index in [0.29, 0.717) is 12.3 Å². The molecule has 0 fully saturated rings. The van der Waals surface area contributed by atoms with Gasteiger partial charge in [0.1, 0.15) is 0 Å². The summed E-state index contributed by atoms with van der Waals surface area (Å²) in [7, 11) is 0. The summed E-state index contributed by atoms with van der Waals surface area (Å²) in [5.74, 6) is 1.46. The summed E-state index contributed by atoms with van der Waals surface area (Å²) < 4.78 is 2.02. The van der Waals surface area contributed by atoms with Gasteiger partial charge in [-0.1, -0.05) is 59.8 Å². The molecule has 2 aromatic carbocycles. The highest BCUT2D eigenvalue weighted by Crippen LogP contribution is 2.27. The maximum absolute atomic E-state index is 10.7. The zero-order chi connectivity index (χ0) is 18.5. The van der Waals surface area contributed by atoms with E-state index in [9.17, 15) is 10.1 Å². The molecule has 0 unspecified atom stereocenters. The molecule has 1 heterocycles. The van der Waals surface area contributed by atoms with E-state index in [1.807, 2.05) is 41.8 Å². The number of rotatable bonds is 7. The third-order valence-corrected chi connectivity index (χ3v) is 4.89. The highest BCUT2D eigenvalue weighted by atomic mass is 32.2. The van der Waals surface area contributed by atoms with Gasteiger partial charge in [-0.15, -0.1) is 16.8 Å². The average molecular weight is 366 g/mol. The smallest absolute Gasteiger partial charge is 0.269 e. The van der Waals surface area contributed by atoms with Crippen LogP contribution in [0.15, 0.2) is 66.3 Å². The van der Waals surface area contributed by atoms with Crippen molar-refractivity contribution in [3.63, 3.8) is 0 Å². The summed E-state index contributed by atoms with van der Waals surface area (Å²) in [5.41, 5.74) is 3.28. The molecule has 0 saturated carbocycles. The standard InChI is InChI=1S/C19H18N4O2S/c1-3-12-22-18(16-8-4-14(2)5-9-16)20-21-19(22)26-13-15-6-10-17(11-7-15)23(24)25/h3-11H,1,12-13H2,2H3. The second-order valence-corrected chi connectivity index (χ2v) is 6.73. The Balaban J connectivity index is 1.80. The number of benzene rings is 2. The maximum atomic E-state index is 10.7. The number of nitro groups is 1. The summed E-state index contributed by atoms with van der Waals surface area (Å²) in [5, 5.41) is 20.2. The molecular weight excluding hydrogens is 348 g/mol. The summed E-state index contributed by atoms with van der Waals surface area (Å²) >= 11 is 1.54. The zero-order valence-corrected chi connectivity index (χ0v) is 15.1. The van der Waals surface area contributed by atoms with Crippen LogP contribution in [0.2, 0.25) is 0 Å². The fourth-order valence-electron chi connectivity index (χ4n) is 2.47. The second kappa shape index (κ2) is 7.97. The van der Waals surface area contributed by atoms with Gasteiger partial charge in [-0.3, -0.25) is 14.7 Å². The number of nitrogens with zero attached hydrogens (tertiary/aromatic N) is 4. The summed E-state index contributed by atoms with van der Waals surface area (Å²) in [6, 6.07) is 14.7. The van der Waals surface area contributed by atoms with Gasteiger partial charge >= 0.3 is 0 Å². The van der Waals surface area contributed by atoms with E-state index in [4.69, 9.17) is 0 Å². The molecule has 7 heteroatoms. The number of aromatic nitrogens is 3. The first-order valence-electron chi connectivity index (χ1n) is 8.05. The van der Waals surface area contributed by atoms with Crippen LogP contribution in [-0.4, -0.2) is 19.7 Å². The van der Waals surface area contributed by atoms with Gasteiger partial charge in [-0.25, -0.2) is 0 Å². The van der Waals surface area contributed by atoms with E-state index < -0.39 is 4.92 Å². The number of non-ortho nitro benzene ring substituents is 1. The molecule has 0 atom stereocenters. The second-order valence-electron chi connectivity index (χ2n) is 5.78. The van der Waals surface area contributed by atoms with Crippen molar-refractivity contribution in [3.05, 3.63) is 82.4 Å². The molecular formula is C19H18N4O2S. The molecule has 0 saturated heterocycles. The van der Waals surface area contributed by atoms with Gasteiger partial charge in [0, 0.05) is 30.0 Å². The van der Waals surface area contributed by atoms with Crippen LogP contribution in [0, 0.1) is 17.0 Å². The van der Waals surface area contributed by atoms with Crippen molar-refractivity contribution in [2.24, 2.45) is 0 Å². The van der Waals surface area contributed by atoms with E-state index in [1.165, 1.54) is 17.7 Å². The fourth-order valence-corrected chi connectivity index (χ4v) is 3.37. The maximum Gasteiger partial charge on any atom is 0.269 e. The minimum absolute atomic E-state index is 0.0928. The molecule has 26 heavy (non-hydrogen) atoms. The number of hydrogen-bond acceptors (Lipinski definition) is 5. The van der Waals surface area contributed by atoms with Crippen LogP contribution in [0.1, 0.15) is 11.1 Å². The Bertz CT molecular complexity index is 918. The van der Waals surface area contributed by atoms with Crippen LogP contribution in [0.3, 0.4) is 0 Å². The average Bonchev–Trinajstić information content (AvgIpc) is 3.04. The van der Waals surface area contributed by atoms with Gasteiger partial charge in [0.25, 0.3) is 5.69 Å². The SMILES string of the molecule is C=CCn1c(SCc2ccc([N+](=O)[O-])cc2)nnc1-c1ccc(C)cc1. The summed E-state index contributed by atoms with van der Waals surface area (Å²) in [6.45, 7) is 6.48. The Hall–Kier alpha value is -2.93. The van der Waals surface area contributed by atoms with Crippen LogP contribution in [0.4, 0.5) is 5.69 Å². The molecule has 0 amide bonds. The van der Waals surface area contributed by atoms with Crippen LogP contribution in [0.25, 0.3) is 11.4 Å². The lowest BCUT2D eigenvalue weighted by Crippen LogP contribution is -2.00. The Morgan fingerprint density at radius 3 is 2.46 bits per heavy atom. The van der Waals surface area contributed by atoms with Crippen LogP contribution < -0.4 is 0 Å². The van der Waals surface area contributed by atoms with E-state index in [1.54, 1.807) is 23.9 Å². The molecule has 0 aliphatic carbocycles. The molecule has 3 aromatic rings. The van der Waals surface area contributed by atoms with Gasteiger partial charge in [0.05, 0.1) is 4.92 Å². The molecule has 0 aliphatic heterocycles. The van der Waals surface area contributed by atoms with Crippen molar-refractivity contribution in [1.82, 2.24) is 14.8 Å². The van der Waals surface area contributed by atoms with Gasteiger partial charge in [-0.2, -0.15) is 0 Å². The van der Waals surface area contributed by atoms with Crippen LogP contribution in [-0.2, 0) is 12.3 Å². The lowest BCUT2D eigenvalue weighted by Gasteiger charge is -2.08.